The van der Waals surface area contributed by atoms with Gasteiger partial charge in [0.2, 0.25) is 0 Å². The summed E-state index contributed by atoms with van der Waals surface area (Å²) in [7, 11) is 0. The van der Waals surface area contributed by atoms with E-state index in [1.807, 2.05) is 0 Å². The summed E-state index contributed by atoms with van der Waals surface area (Å²) in [5.74, 6) is 0. The predicted molar refractivity (Wildman–Crippen MR) is 81.8 cm³/mol. The highest BCUT2D eigenvalue weighted by molar-refractivity contribution is 5.76. The van der Waals surface area contributed by atoms with Crippen molar-refractivity contribution < 1.29 is 0 Å². The van der Waals surface area contributed by atoms with E-state index < -0.39 is 0 Å². The van der Waals surface area contributed by atoms with Gasteiger partial charge in [-0.2, -0.15) is 0 Å². The Labute approximate surface area is 115 Å². The standard InChI is InChI=1S/C19H19/c1-12(2)17-7-5-6-16-11-18(14(4)19(16)17)15-9-8-13(3)10-15/h5-9H,10H2,1-4H3. The fourth-order valence-electron chi connectivity index (χ4n) is 2.98. The SMILES string of the molecule is CC1=CC=C(C2=[C]c3cccc(=C(C)C)c3=C2C)C1. The summed E-state index contributed by atoms with van der Waals surface area (Å²) in [5, 5.41) is 2.74. The van der Waals surface area contributed by atoms with E-state index in [2.05, 4.69) is 64.1 Å². The highest BCUT2D eigenvalue weighted by Crippen LogP contribution is 2.31. The summed E-state index contributed by atoms with van der Waals surface area (Å²) in [6.45, 7) is 8.79. The van der Waals surface area contributed by atoms with Crippen molar-refractivity contribution in [1.29, 1.82) is 0 Å². The van der Waals surface area contributed by atoms with E-state index in [9.17, 15) is 0 Å². The Morgan fingerprint density at radius 2 is 1.89 bits per heavy atom. The molecule has 0 heterocycles. The van der Waals surface area contributed by atoms with Crippen LogP contribution in [0.1, 0.15) is 39.7 Å². The van der Waals surface area contributed by atoms with Crippen LogP contribution in [0.3, 0.4) is 0 Å². The number of hydrogen-bond acceptors (Lipinski definition) is 0. The fraction of sp³-hybridized carbons (Fsp3) is 0.263. The molecule has 95 valence electrons. The molecule has 2 aliphatic carbocycles. The van der Waals surface area contributed by atoms with Crippen molar-refractivity contribution in [2.75, 3.05) is 0 Å². The van der Waals surface area contributed by atoms with Crippen LogP contribution in [-0.4, -0.2) is 0 Å². The number of hydrogen-bond donors (Lipinski definition) is 0. The van der Waals surface area contributed by atoms with Crippen LogP contribution < -0.4 is 10.4 Å². The number of benzene rings is 1. The third kappa shape index (κ3) is 1.92. The number of fused-ring (bicyclic) bond motifs is 1. The van der Waals surface area contributed by atoms with Gasteiger partial charge in [0.1, 0.15) is 0 Å². The van der Waals surface area contributed by atoms with Gasteiger partial charge in [-0.1, -0.05) is 41.5 Å². The first-order chi connectivity index (χ1) is 9.08. The molecule has 0 saturated carbocycles. The normalized spacial score (nSPS) is 17.1. The van der Waals surface area contributed by atoms with E-state index in [1.54, 1.807) is 0 Å². The Morgan fingerprint density at radius 1 is 1.11 bits per heavy atom. The summed E-state index contributed by atoms with van der Waals surface area (Å²) in [4.78, 5) is 0. The third-order valence-electron chi connectivity index (χ3n) is 3.97. The van der Waals surface area contributed by atoms with Gasteiger partial charge in [-0.25, -0.2) is 0 Å². The minimum absolute atomic E-state index is 1.07. The molecule has 0 saturated heterocycles. The van der Waals surface area contributed by atoms with Crippen LogP contribution in [0.5, 0.6) is 0 Å². The van der Waals surface area contributed by atoms with Gasteiger partial charge in [0.25, 0.3) is 0 Å². The van der Waals surface area contributed by atoms with Gasteiger partial charge in [-0.15, -0.1) is 0 Å². The van der Waals surface area contributed by atoms with Crippen LogP contribution in [0.2, 0.25) is 0 Å². The molecule has 0 amide bonds. The lowest BCUT2D eigenvalue weighted by molar-refractivity contribution is 1.17. The quantitative estimate of drug-likeness (QED) is 0.713. The highest BCUT2D eigenvalue weighted by Gasteiger charge is 2.18. The minimum Gasteiger partial charge on any atom is -0.0689 e. The molecule has 1 aromatic carbocycles. The highest BCUT2D eigenvalue weighted by atomic mass is 14.2. The number of allylic oxidation sites excluding steroid dienone is 5. The van der Waals surface area contributed by atoms with Gasteiger partial charge in [0.05, 0.1) is 0 Å². The van der Waals surface area contributed by atoms with Crippen LogP contribution in [-0.2, 0) is 0 Å². The molecule has 0 N–H and O–H groups in total. The van der Waals surface area contributed by atoms with Crippen molar-refractivity contribution in [2.24, 2.45) is 0 Å². The first kappa shape index (κ1) is 12.2. The van der Waals surface area contributed by atoms with Gasteiger partial charge in [0.15, 0.2) is 0 Å². The van der Waals surface area contributed by atoms with Crippen LogP contribution in [0.25, 0.3) is 11.1 Å². The molecule has 0 nitrogen and oxygen atoms in total. The molecule has 0 aliphatic heterocycles. The molecule has 19 heavy (non-hydrogen) atoms. The molecule has 0 unspecified atom stereocenters. The van der Waals surface area contributed by atoms with Gasteiger partial charge >= 0.3 is 0 Å². The Bertz CT molecular complexity index is 761. The van der Waals surface area contributed by atoms with E-state index in [-0.39, 0.29) is 0 Å². The summed E-state index contributed by atoms with van der Waals surface area (Å²) in [6, 6.07) is 6.53. The lowest BCUT2D eigenvalue weighted by Crippen LogP contribution is -2.28. The molecule has 2 aliphatic rings. The minimum atomic E-state index is 1.07. The van der Waals surface area contributed by atoms with E-state index >= 15 is 0 Å². The van der Waals surface area contributed by atoms with Crippen molar-refractivity contribution >= 4 is 11.1 Å². The molecule has 0 fully saturated rings. The van der Waals surface area contributed by atoms with E-state index in [1.165, 1.54) is 43.9 Å². The monoisotopic (exact) mass is 247 g/mol. The summed E-state index contributed by atoms with van der Waals surface area (Å²) >= 11 is 0. The maximum atomic E-state index is 3.61. The molecule has 0 aromatic heterocycles. The van der Waals surface area contributed by atoms with Crippen molar-refractivity contribution in [1.82, 2.24) is 0 Å². The second kappa shape index (κ2) is 4.38. The van der Waals surface area contributed by atoms with E-state index in [0.29, 0.717) is 0 Å². The predicted octanol–water partition coefficient (Wildman–Crippen LogP) is 3.42. The maximum absolute atomic E-state index is 3.61. The first-order valence-electron chi connectivity index (χ1n) is 6.86. The average Bonchev–Trinajstić information content (AvgIpc) is 2.93. The summed E-state index contributed by atoms with van der Waals surface area (Å²) in [5.41, 5.74) is 8.14. The van der Waals surface area contributed by atoms with Gasteiger partial charge in [-0.3, -0.25) is 0 Å². The van der Waals surface area contributed by atoms with E-state index in [4.69, 9.17) is 0 Å². The molecule has 1 aromatic rings. The molecule has 1 radical (unpaired) electrons. The van der Waals surface area contributed by atoms with Crippen molar-refractivity contribution in [3.8, 4) is 0 Å². The van der Waals surface area contributed by atoms with Gasteiger partial charge in [0, 0.05) is 0 Å². The first-order valence-corrected chi connectivity index (χ1v) is 6.86. The van der Waals surface area contributed by atoms with Crippen molar-refractivity contribution in [3.63, 3.8) is 0 Å². The zero-order chi connectivity index (χ0) is 13.6. The Balaban J connectivity index is 2.22. The summed E-state index contributed by atoms with van der Waals surface area (Å²) < 4.78 is 0. The smallest absolute Gasteiger partial charge is 0.00143 e. The molecule has 0 atom stereocenters. The maximum Gasteiger partial charge on any atom is -0.00143 e. The van der Waals surface area contributed by atoms with Crippen LogP contribution in [0, 0.1) is 6.08 Å². The van der Waals surface area contributed by atoms with Gasteiger partial charge in [-0.05, 0) is 72.9 Å². The molecule has 0 heteroatoms. The molecule has 0 spiro atoms. The second-order valence-corrected chi connectivity index (χ2v) is 5.73. The zero-order valence-electron chi connectivity index (χ0n) is 12.1. The molecular weight excluding hydrogens is 228 g/mol. The Hall–Kier alpha value is -1.82. The summed E-state index contributed by atoms with van der Waals surface area (Å²) in [6.07, 6.45) is 9.14. The zero-order valence-corrected chi connectivity index (χ0v) is 12.1. The Morgan fingerprint density at radius 3 is 2.53 bits per heavy atom. The molecular formula is C19H19. The lowest BCUT2D eigenvalue weighted by Gasteiger charge is -2.06. The van der Waals surface area contributed by atoms with Crippen LogP contribution in [0.4, 0.5) is 0 Å². The molecule has 3 rings (SSSR count). The van der Waals surface area contributed by atoms with Crippen molar-refractivity contribution in [2.45, 2.75) is 34.1 Å². The second-order valence-electron chi connectivity index (χ2n) is 5.73. The number of rotatable bonds is 1. The molecule has 0 bridgehead atoms. The Kier molecular flexibility index (Phi) is 2.82. The largest absolute Gasteiger partial charge is 0.0689 e. The lowest BCUT2D eigenvalue weighted by atomic mass is 9.98. The average molecular weight is 247 g/mol. The fourth-order valence-corrected chi connectivity index (χ4v) is 2.98. The topological polar surface area (TPSA) is 0 Å². The van der Waals surface area contributed by atoms with Crippen LogP contribution in [0.15, 0.2) is 47.1 Å². The van der Waals surface area contributed by atoms with Gasteiger partial charge < -0.3 is 0 Å². The third-order valence-corrected chi connectivity index (χ3v) is 3.97. The van der Waals surface area contributed by atoms with Crippen LogP contribution >= 0.6 is 0 Å². The van der Waals surface area contributed by atoms with E-state index in [0.717, 1.165) is 6.42 Å². The van der Waals surface area contributed by atoms with Crippen molar-refractivity contribution in [3.05, 3.63) is 69.1 Å².